The number of ether oxygens (including phenoxy) is 2. The molecule has 1 fully saturated rings. The van der Waals surface area contributed by atoms with Crippen LogP contribution in [-0.2, 0) is 41.8 Å². The summed E-state index contributed by atoms with van der Waals surface area (Å²) in [6, 6.07) is 0. The second-order valence-corrected chi connectivity index (χ2v) is 19.1. The second-order valence-electron chi connectivity index (χ2n) is 16.5. The van der Waals surface area contributed by atoms with Crippen LogP contribution in [-0.4, -0.2) is 103 Å². The molecule has 0 amide bonds. The molecule has 7 N–H and O–H groups in total. The summed E-state index contributed by atoms with van der Waals surface area (Å²) in [6.07, 6.45) is 29.0. The predicted molar refractivity (Wildman–Crippen MR) is 250 cm³/mol. The van der Waals surface area contributed by atoms with E-state index in [1.165, 1.54) is 57.8 Å². The van der Waals surface area contributed by atoms with Crippen molar-refractivity contribution in [1.29, 1.82) is 0 Å². The zero-order valence-electron chi connectivity index (χ0n) is 38.9. The average Bonchev–Trinajstić information content (AvgIpc) is 3.26. The lowest BCUT2D eigenvalue weighted by atomic mass is 9.85. The highest BCUT2D eigenvalue weighted by molar-refractivity contribution is 7.47. The molecule has 0 spiro atoms. The van der Waals surface area contributed by atoms with Gasteiger partial charge in [-0.3, -0.25) is 23.2 Å². The quantitative estimate of drug-likeness (QED) is 0.0131. The van der Waals surface area contributed by atoms with Gasteiger partial charge in [-0.15, -0.1) is 0 Å². The van der Waals surface area contributed by atoms with E-state index >= 15 is 0 Å². The predicted octanol–water partition coefficient (Wildman–Crippen LogP) is 9.06. The van der Waals surface area contributed by atoms with Crippen LogP contribution in [0.2, 0.25) is 0 Å². The summed E-state index contributed by atoms with van der Waals surface area (Å²) >= 11 is 0. The third-order valence-corrected chi connectivity index (χ3v) is 12.1. The number of unbranched alkanes of at least 4 members (excludes halogenated alkanes) is 15. The number of aliphatic hydroxyl groups is 4. The number of esters is 2. The Morgan fingerprint density at radius 2 is 0.908 bits per heavy atom. The van der Waals surface area contributed by atoms with Gasteiger partial charge in [-0.2, -0.15) is 0 Å². The van der Waals surface area contributed by atoms with Crippen LogP contribution in [0.25, 0.3) is 0 Å². The highest BCUT2D eigenvalue weighted by Gasteiger charge is 2.54. The topological polar surface area (TPSA) is 256 Å². The Morgan fingerprint density at radius 3 is 1.45 bits per heavy atom. The van der Waals surface area contributed by atoms with Crippen LogP contribution in [0.15, 0.2) is 60.8 Å². The van der Waals surface area contributed by atoms with Gasteiger partial charge in [0.1, 0.15) is 43.2 Å². The molecule has 0 aromatic rings. The van der Waals surface area contributed by atoms with Crippen LogP contribution in [0.4, 0.5) is 0 Å². The minimum absolute atomic E-state index is 0.0354. The molecule has 1 rings (SSSR count). The van der Waals surface area contributed by atoms with E-state index in [-0.39, 0.29) is 12.8 Å². The lowest BCUT2D eigenvalue weighted by molar-refractivity contribution is -0.216. The van der Waals surface area contributed by atoms with Gasteiger partial charge in [-0.25, -0.2) is 9.13 Å². The van der Waals surface area contributed by atoms with Gasteiger partial charge < -0.3 is 44.6 Å². The van der Waals surface area contributed by atoms with E-state index < -0.39 is 83.5 Å². The fourth-order valence-electron chi connectivity index (χ4n) is 6.84. The SMILES string of the molecule is CCCCCC=CCC=CCC=CCC=CCCCC(=O)O[C@H](COC(=O)CCCCCCCC=CCCCCCCCC)COP(=O)(O)O[C@H]1C(O)C(O)C(O)[C@@H](OP(=O)(O)O)C1O. The van der Waals surface area contributed by atoms with E-state index in [0.29, 0.717) is 19.3 Å². The second kappa shape index (κ2) is 37.7. The molecule has 0 aliphatic heterocycles. The molecular weight excluding hydrogens is 882 g/mol. The summed E-state index contributed by atoms with van der Waals surface area (Å²) in [5.74, 6) is -1.28. The van der Waals surface area contributed by atoms with E-state index in [1.807, 2.05) is 12.2 Å². The van der Waals surface area contributed by atoms with Crippen molar-refractivity contribution in [3.8, 4) is 0 Å². The van der Waals surface area contributed by atoms with Gasteiger partial charge >= 0.3 is 27.6 Å². The van der Waals surface area contributed by atoms with Crippen molar-refractivity contribution in [2.24, 2.45) is 0 Å². The third-order valence-electron chi connectivity index (χ3n) is 10.6. The molecule has 0 radical (unpaired) electrons. The molecule has 0 saturated heterocycles. The number of phosphoric ester groups is 2. The summed E-state index contributed by atoms with van der Waals surface area (Å²) in [5.41, 5.74) is 0. The number of hydrogen-bond acceptors (Lipinski definition) is 13. The van der Waals surface area contributed by atoms with E-state index in [4.69, 9.17) is 18.5 Å². The van der Waals surface area contributed by atoms with Crippen molar-refractivity contribution in [2.75, 3.05) is 13.2 Å². The van der Waals surface area contributed by atoms with Crippen molar-refractivity contribution < 1.29 is 76.9 Å². The highest BCUT2D eigenvalue weighted by atomic mass is 31.2. The molecule has 1 aliphatic carbocycles. The fraction of sp³-hybridized carbons (Fsp3) is 0.745. The zero-order chi connectivity index (χ0) is 48.2. The molecule has 1 aliphatic rings. The molecule has 1 saturated carbocycles. The average molecular weight is 965 g/mol. The van der Waals surface area contributed by atoms with Crippen LogP contribution in [0.5, 0.6) is 0 Å². The normalized spacial score (nSPS) is 22.2. The van der Waals surface area contributed by atoms with Crippen molar-refractivity contribution in [3.63, 3.8) is 0 Å². The number of hydrogen-bond donors (Lipinski definition) is 7. The Balaban J connectivity index is 2.65. The Bertz CT molecular complexity index is 1490. The Kier molecular flexibility index (Phi) is 35.2. The van der Waals surface area contributed by atoms with Crippen LogP contribution in [0.1, 0.15) is 168 Å². The molecule has 16 nitrogen and oxygen atoms in total. The number of rotatable bonds is 39. The number of allylic oxidation sites excluding steroid dienone is 10. The molecule has 0 aromatic heterocycles. The summed E-state index contributed by atoms with van der Waals surface area (Å²) in [4.78, 5) is 54.2. The largest absolute Gasteiger partial charge is 0.472 e. The monoisotopic (exact) mass is 965 g/mol. The Morgan fingerprint density at radius 1 is 0.492 bits per heavy atom. The maximum atomic E-state index is 13.0. The molecule has 65 heavy (non-hydrogen) atoms. The number of carbonyl (C=O) groups excluding carboxylic acids is 2. The van der Waals surface area contributed by atoms with E-state index in [0.717, 1.165) is 64.2 Å². The Hall–Kier alpha value is -2.30. The lowest BCUT2D eigenvalue weighted by Gasteiger charge is -2.43. The van der Waals surface area contributed by atoms with Crippen molar-refractivity contribution in [2.45, 2.75) is 211 Å². The summed E-state index contributed by atoms with van der Waals surface area (Å²) in [6.45, 7) is 3.02. The van der Waals surface area contributed by atoms with E-state index in [2.05, 4.69) is 67.0 Å². The minimum atomic E-state index is -5.37. The first kappa shape index (κ1) is 60.7. The third kappa shape index (κ3) is 32.2. The molecule has 376 valence electrons. The standard InChI is InChI=1S/C47H82O16P2/c1-3-5-7-9-11-13-15-17-19-20-22-24-26-28-30-32-34-36-41(49)61-39(37-59-40(48)35-33-31-29-27-25-23-21-18-16-14-12-10-8-6-4-2)38-60-65(57,58)63-47-44(52)42(50)43(51)46(45(47)53)62-64(54,55)56/h11,13,17-19,21-22,24,28,30,39,42-47,50-53H,3-10,12,14-16,20,23,25-27,29,31-38H2,1-2H3,(H,57,58)(H2,54,55,56)/t39-,42?,43?,44?,45?,46-,47+/m1/s1. The molecule has 0 aromatic carbocycles. The first-order valence-corrected chi connectivity index (χ1v) is 26.9. The van der Waals surface area contributed by atoms with Crippen LogP contribution < -0.4 is 0 Å². The van der Waals surface area contributed by atoms with Gasteiger partial charge in [0.05, 0.1) is 6.61 Å². The summed E-state index contributed by atoms with van der Waals surface area (Å²) < 4.78 is 49.3. The maximum Gasteiger partial charge on any atom is 0.472 e. The number of carbonyl (C=O) groups is 2. The molecule has 0 bridgehead atoms. The van der Waals surface area contributed by atoms with Gasteiger partial charge in [-0.1, -0.05) is 139 Å². The lowest BCUT2D eigenvalue weighted by Crippen LogP contribution is -2.64. The van der Waals surface area contributed by atoms with E-state index in [1.54, 1.807) is 0 Å². The van der Waals surface area contributed by atoms with Crippen LogP contribution in [0.3, 0.4) is 0 Å². The highest BCUT2D eigenvalue weighted by Crippen LogP contribution is 2.49. The molecular formula is C47H82O16P2. The first-order chi connectivity index (χ1) is 31.1. The van der Waals surface area contributed by atoms with Crippen LogP contribution >= 0.6 is 15.6 Å². The first-order valence-electron chi connectivity index (χ1n) is 23.8. The Labute approximate surface area is 388 Å². The van der Waals surface area contributed by atoms with E-state index in [9.17, 15) is 53.8 Å². The van der Waals surface area contributed by atoms with Gasteiger partial charge in [0.25, 0.3) is 0 Å². The number of phosphoric acid groups is 2. The van der Waals surface area contributed by atoms with Gasteiger partial charge in [-0.05, 0) is 77.0 Å². The van der Waals surface area contributed by atoms with Crippen molar-refractivity contribution >= 4 is 27.6 Å². The van der Waals surface area contributed by atoms with Crippen molar-refractivity contribution in [3.05, 3.63) is 60.8 Å². The maximum absolute atomic E-state index is 13.0. The summed E-state index contributed by atoms with van der Waals surface area (Å²) in [7, 11) is -10.7. The van der Waals surface area contributed by atoms with Crippen LogP contribution in [0, 0.1) is 0 Å². The molecule has 0 heterocycles. The van der Waals surface area contributed by atoms with Gasteiger partial charge in [0.15, 0.2) is 6.10 Å². The molecule has 18 heteroatoms. The zero-order valence-corrected chi connectivity index (χ0v) is 40.7. The number of aliphatic hydroxyl groups excluding tert-OH is 4. The molecule has 8 atom stereocenters. The van der Waals surface area contributed by atoms with Gasteiger partial charge in [0, 0.05) is 12.8 Å². The molecule has 5 unspecified atom stereocenters. The minimum Gasteiger partial charge on any atom is -0.462 e. The van der Waals surface area contributed by atoms with Crippen molar-refractivity contribution in [1.82, 2.24) is 0 Å². The van der Waals surface area contributed by atoms with Gasteiger partial charge in [0.2, 0.25) is 0 Å². The smallest absolute Gasteiger partial charge is 0.462 e. The summed E-state index contributed by atoms with van der Waals surface area (Å²) in [5, 5.41) is 41.2. The fourth-order valence-corrected chi connectivity index (χ4v) is 8.37.